The zero-order valence-electron chi connectivity index (χ0n) is 9.98. The second kappa shape index (κ2) is 5.40. The van der Waals surface area contributed by atoms with E-state index in [0.29, 0.717) is 11.4 Å². The minimum atomic E-state index is -0.864. The van der Waals surface area contributed by atoms with Crippen LogP contribution in [0.1, 0.15) is 34.5 Å². The monoisotopic (exact) mass is 331 g/mol. The standard InChI is InChI=1S/C12H14BrNO3S/c1-7-6-9(18-11(7)13)12(17)14(8-2-3-8)5-4-10(15)16/h6,8H,2-5H2,1H3,(H,15,16). The van der Waals surface area contributed by atoms with Crippen molar-refractivity contribution in [2.45, 2.75) is 32.2 Å². The highest BCUT2D eigenvalue weighted by atomic mass is 79.9. The van der Waals surface area contributed by atoms with Crippen molar-refractivity contribution in [1.29, 1.82) is 0 Å². The van der Waals surface area contributed by atoms with Crippen LogP contribution in [0, 0.1) is 6.92 Å². The van der Waals surface area contributed by atoms with Crippen LogP contribution in [0.25, 0.3) is 0 Å². The first-order valence-corrected chi connectivity index (χ1v) is 7.38. The third kappa shape index (κ3) is 3.11. The van der Waals surface area contributed by atoms with Gasteiger partial charge in [0.2, 0.25) is 0 Å². The number of rotatable bonds is 5. The van der Waals surface area contributed by atoms with E-state index in [1.165, 1.54) is 11.3 Å². The van der Waals surface area contributed by atoms with Gasteiger partial charge in [0.15, 0.2) is 0 Å². The topological polar surface area (TPSA) is 57.6 Å². The van der Waals surface area contributed by atoms with E-state index in [1.807, 2.05) is 13.0 Å². The van der Waals surface area contributed by atoms with E-state index in [-0.39, 0.29) is 18.4 Å². The Hall–Kier alpha value is -0.880. The molecule has 0 saturated heterocycles. The summed E-state index contributed by atoms with van der Waals surface area (Å²) in [5.41, 5.74) is 1.04. The van der Waals surface area contributed by atoms with Crippen LogP contribution in [0.15, 0.2) is 9.85 Å². The summed E-state index contributed by atoms with van der Waals surface area (Å²) in [6.07, 6.45) is 1.97. The Morgan fingerprint density at radius 1 is 1.56 bits per heavy atom. The molecule has 4 nitrogen and oxygen atoms in total. The highest BCUT2D eigenvalue weighted by molar-refractivity contribution is 9.11. The largest absolute Gasteiger partial charge is 0.481 e. The molecule has 1 aromatic rings. The maximum Gasteiger partial charge on any atom is 0.305 e. The van der Waals surface area contributed by atoms with Gasteiger partial charge in [0.25, 0.3) is 5.91 Å². The molecule has 0 radical (unpaired) electrons. The fourth-order valence-electron chi connectivity index (χ4n) is 1.76. The smallest absolute Gasteiger partial charge is 0.305 e. The number of carboxylic acid groups (broad SMARTS) is 1. The first-order valence-electron chi connectivity index (χ1n) is 5.77. The molecule has 2 rings (SSSR count). The highest BCUT2D eigenvalue weighted by Crippen LogP contribution is 2.32. The summed E-state index contributed by atoms with van der Waals surface area (Å²) in [5, 5.41) is 8.72. The van der Waals surface area contributed by atoms with Crippen molar-refractivity contribution in [3.8, 4) is 0 Å². The summed E-state index contributed by atoms with van der Waals surface area (Å²) in [7, 11) is 0. The van der Waals surface area contributed by atoms with Gasteiger partial charge in [-0.25, -0.2) is 0 Å². The van der Waals surface area contributed by atoms with E-state index in [2.05, 4.69) is 15.9 Å². The average molecular weight is 332 g/mol. The lowest BCUT2D eigenvalue weighted by atomic mass is 10.3. The number of amides is 1. The maximum atomic E-state index is 12.3. The normalized spacial score (nSPS) is 14.6. The van der Waals surface area contributed by atoms with E-state index in [4.69, 9.17) is 5.11 Å². The third-order valence-corrected chi connectivity index (χ3v) is 5.01. The Morgan fingerprint density at radius 2 is 2.22 bits per heavy atom. The zero-order valence-corrected chi connectivity index (χ0v) is 12.4. The molecule has 0 bridgehead atoms. The summed E-state index contributed by atoms with van der Waals surface area (Å²) in [4.78, 5) is 25.3. The SMILES string of the molecule is Cc1cc(C(=O)N(CCC(=O)O)C2CC2)sc1Br. The predicted octanol–water partition coefficient (Wildman–Crippen LogP) is 2.90. The molecule has 0 atom stereocenters. The number of aliphatic carboxylic acids is 1. The molecule has 98 valence electrons. The summed E-state index contributed by atoms with van der Waals surface area (Å²) in [5.74, 6) is -0.908. The Kier molecular flexibility index (Phi) is 4.07. The molecule has 0 unspecified atom stereocenters. The van der Waals surface area contributed by atoms with Crippen LogP contribution >= 0.6 is 27.3 Å². The van der Waals surface area contributed by atoms with Gasteiger partial charge in [-0.15, -0.1) is 11.3 Å². The lowest BCUT2D eigenvalue weighted by molar-refractivity contribution is -0.137. The molecule has 1 heterocycles. The first-order chi connectivity index (χ1) is 8.49. The van der Waals surface area contributed by atoms with E-state index >= 15 is 0 Å². The van der Waals surface area contributed by atoms with Crippen molar-refractivity contribution in [3.63, 3.8) is 0 Å². The minimum Gasteiger partial charge on any atom is -0.481 e. The number of carbonyl (C=O) groups excluding carboxylic acids is 1. The van der Waals surface area contributed by atoms with Gasteiger partial charge in [0.1, 0.15) is 0 Å². The van der Waals surface area contributed by atoms with Gasteiger partial charge in [0, 0.05) is 12.6 Å². The van der Waals surface area contributed by atoms with Crippen LogP contribution < -0.4 is 0 Å². The molecule has 6 heteroatoms. The summed E-state index contributed by atoms with van der Waals surface area (Å²) < 4.78 is 0.958. The Morgan fingerprint density at radius 3 is 2.67 bits per heavy atom. The molecule has 1 N–H and O–H groups in total. The summed E-state index contributed by atoms with van der Waals surface area (Å²) >= 11 is 4.81. The molecule has 1 saturated carbocycles. The molecule has 1 aromatic heterocycles. The number of carbonyl (C=O) groups is 2. The molecule has 0 aliphatic heterocycles. The molecular weight excluding hydrogens is 318 g/mol. The van der Waals surface area contributed by atoms with E-state index in [0.717, 1.165) is 22.2 Å². The van der Waals surface area contributed by atoms with Crippen LogP contribution in [0.4, 0.5) is 0 Å². The van der Waals surface area contributed by atoms with Gasteiger partial charge in [-0.3, -0.25) is 9.59 Å². The fraction of sp³-hybridized carbons (Fsp3) is 0.500. The van der Waals surface area contributed by atoms with Crippen LogP contribution in [-0.2, 0) is 4.79 Å². The van der Waals surface area contributed by atoms with Gasteiger partial charge in [-0.2, -0.15) is 0 Å². The van der Waals surface area contributed by atoms with Gasteiger partial charge in [0.05, 0.1) is 15.1 Å². The van der Waals surface area contributed by atoms with Crippen LogP contribution in [0.2, 0.25) is 0 Å². The van der Waals surface area contributed by atoms with Crippen molar-refractivity contribution < 1.29 is 14.7 Å². The average Bonchev–Trinajstić information content (AvgIpc) is 3.06. The zero-order chi connectivity index (χ0) is 13.3. The number of thiophene rings is 1. The molecule has 18 heavy (non-hydrogen) atoms. The molecule has 0 aromatic carbocycles. The summed E-state index contributed by atoms with van der Waals surface area (Å²) in [6.45, 7) is 2.24. The number of hydrogen-bond donors (Lipinski definition) is 1. The summed E-state index contributed by atoms with van der Waals surface area (Å²) in [6, 6.07) is 2.09. The number of aryl methyl sites for hydroxylation is 1. The third-order valence-electron chi connectivity index (χ3n) is 2.88. The van der Waals surface area contributed by atoms with Crippen molar-refractivity contribution in [3.05, 3.63) is 20.3 Å². The van der Waals surface area contributed by atoms with Crippen LogP contribution in [-0.4, -0.2) is 34.5 Å². The fourth-order valence-corrected chi connectivity index (χ4v) is 3.25. The van der Waals surface area contributed by atoms with E-state index < -0.39 is 5.97 Å². The molecule has 1 aliphatic carbocycles. The quantitative estimate of drug-likeness (QED) is 0.902. The number of halogens is 1. The van der Waals surface area contributed by atoms with Gasteiger partial charge in [-0.05, 0) is 47.3 Å². The van der Waals surface area contributed by atoms with Crippen LogP contribution in [0.5, 0.6) is 0 Å². The molecule has 1 fully saturated rings. The van der Waals surface area contributed by atoms with E-state index in [9.17, 15) is 9.59 Å². The molecule has 0 spiro atoms. The number of carboxylic acids is 1. The van der Waals surface area contributed by atoms with Crippen molar-refractivity contribution in [2.24, 2.45) is 0 Å². The van der Waals surface area contributed by atoms with Gasteiger partial charge < -0.3 is 10.0 Å². The van der Waals surface area contributed by atoms with Gasteiger partial charge >= 0.3 is 5.97 Å². The van der Waals surface area contributed by atoms with E-state index in [1.54, 1.807) is 4.90 Å². The van der Waals surface area contributed by atoms with Crippen molar-refractivity contribution in [2.75, 3.05) is 6.54 Å². The Balaban J connectivity index is 2.10. The molecule has 1 aliphatic rings. The van der Waals surface area contributed by atoms with Crippen molar-refractivity contribution in [1.82, 2.24) is 4.90 Å². The number of hydrogen-bond acceptors (Lipinski definition) is 3. The molecule has 1 amide bonds. The Bertz CT molecular complexity index is 462. The second-order valence-corrected chi connectivity index (χ2v) is 6.81. The predicted molar refractivity (Wildman–Crippen MR) is 73.1 cm³/mol. The Labute approximate surface area is 118 Å². The second-order valence-electron chi connectivity index (χ2n) is 4.44. The maximum absolute atomic E-state index is 12.3. The van der Waals surface area contributed by atoms with Gasteiger partial charge in [-0.1, -0.05) is 0 Å². The highest BCUT2D eigenvalue weighted by Gasteiger charge is 2.33. The van der Waals surface area contributed by atoms with Crippen molar-refractivity contribution >= 4 is 39.1 Å². The lowest BCUT2D eigenvalue weighted by Crippen LogP contribution is -2.34. The lowest BCUT2D eigenvalue weighted by Gasteiger charge is -2.20. The van der Waals surface area contributed by atoms with Crippen LogP contribution in [0.3, 0.4) is 0 Å². The number of nitrogens with zero attached hydrogens (tertiary/aromatic N) is 1. The minimum absolute atomic E-state index is 0.00771. The molecular formula is C12H14BrNO3S. The first kappa shape index (κ1) is 13.5.